The van der Waals surface area contributed by atoms with E-state index in [1.807, 2.05) is 20.8 Å². The van der Waals surface area contributed by atoms with E-state index in [0.717, 1.165) is 11.3 Å². The monoisotopic (exact) mass is 260 g/mol. The minimum atomic E-state index is -0.402. The Morgan fingerprint density at radius 1 is 1.37 bits per heavy atom. The van der Waals surface area contributed by atoms with Crippen LogP contribution in [0.5, 0.6) is 0 Å². The van der Waals surface area contributed by atoms with Crippen molar-refractivity contribution >= 4 is 17.4 Å². The minimum absolute atomic E-state index is 0.0827. The van der Waals surface area contributed by atoms with Gasteiger partial charge >= 0.3 is 0 Å². The number of benzene rings is 1. The molecular weight excluding hydrogens is 240 g/mol. The quantitative estimate of drug-likeness (QED) is 0.870. The van der Waals surface area contributed by atoms with E-state index in [1.54, 1.807) is 0 Å². The summed E-state index contributed by atoms with van der Waals surface area (Å²) in [7, 11) is 0. The molecule has 102 valence electrons. The Hall–Kier alpha value is -1.84. The number of hydrogen-bond donors (Lipinski definition) is 2. The van der Waals surface area contributed by atoms with Crippen LogP contribution < -0.4 is 10.6 Å². The number of anilines is 1. The van der Waals surface area contributed by atoms with Gasteiger partial charge in [-0.3, -0.25) is 9.59 Å². The molecule has 1 aliphatic rings. The van der Waals surface area contributed by atoms with E-state index in [4.69, 9.17) is 0 Å². The number of amides is 1. The third-order valence-electron chi connectivity index (χ3n) is 3.57. The van der Waals surface area contributed by atoms with E-state index in [-0.39, 0.29) is 18.1 Å². The Labute approximate surface area is 113 Å². The maximum Gasteiger partial charge on any atom is 0.222 e. The second-order valence-electron chi connectivity index (χ2n) is 5.09. The number of carbonyl (C=O) groups excluding carboxylic acids is 2. The fraction of sp³-hybridized carbons (Fsp3) is 0.467. The Morgan fingerprint density at radius 2 is 2.05 bits per heavy atom. The summed E-state index contributed by atoms with van der Waals surface area (Å²) in [6.07, 6.45) is 0.618. The lowest BCUT2D eigenvalue weighted by Crippen LogP contribution is -2.40. The predicted molar refractivity (Wildman–Crippen MR) is 75.3 cm³/mol. The maximum absolute atomic E-state index is 12.1. The fourth-order valence-electron chi connectivity index (χ4n) is 2.36. The molecule has 0 spiro atoms. The number of nitrogens with one attached hydrogen (secondary N) is 2. The molecule has 1 aliphatic heterocycles. The van der Waals surface area contributed by atoms with Crippen molar-refractivity contribution in [2.75, 3.05) is 11.9 Å². The third-order valence-corrected chi connectivity index (χ3v) is 3.57. The zero-order valence-corrected chi connectivity index (χ0v) is 11.7. The first-order valence-corrected chi connectivity index (χ1v) is 6.67. The van der Waals surface area contributed by atoms with E-state index in [9.17, 15) is 9.59 Å². The summed E-state index contributed by atoms with van der Waals surface area (Å²) in [6, 6.07) is 3.71. The molecule has 1 unspecified atom stereocenters. The van der Waals surface area contributed by atoms with Crippen molar-refractivity contribution in [3.8, 4) is 0 Å². The molecule has 19 heavy (non-hydrogen) atoms. The second-order valence-corrected chi connectivity index (χ2v) is 5.09. The second kappa shape index (κ2) is 5.43. The Balaban J connectivity index is 2.17. The number of aryl methyl sites for hydroxylation is 2. The average molecular weight is 260 g/mol. The normalized spacial score (nSPS) is 17.6. The summed E-state index contributed by atoms with van der Waals surface area (Å²) in [6.45, 7) is 6.55. The van der Waals surface area contributed by atoms with E-state index in [1.165, 1.54) is 11.1 Å². The smallest absolute Gasteiger partial charge is 0.222 e. The molecule has 0 fully saturated rings. The van der Waals surface area contributed by atoms with Crippen molar-refractivity contribution in [3.05, 3.63) is 28.8 Å². The third kappa shape index (κ3) is 2.95. The van der Waals surface area contributed by atoms with Gasteiger partial charge in [0.25, 0.3) is 0 Å². The van der Waals surface area contributed by atoms with Gasteiger partial charge < -0.3 is 10.6 Å². The molecule has 4 nitrogen and oxygen atoms in total. The largest absolute Gasteiger partial charge is 0.375 e. The van der Waals surface area contributed by atoms with Gasteiger partial charge in [-0.2, -0.15) is 0 Å². The summed E-state index contributed by atoms with van der Waals surface area (Å²) in [5.74, 6) is 0.00244. The van der Waals surface area contributed by atoms with Crippen LogP contribution in [0.4, 0.5) is 5.69 Å². The molecule has 1 atom stereocenters. The van der Waals surface area contributed by atoms with Gasteiger partial charge in [0.15, 0.2) is 5.78 Å². The first-order chi connectivity index (χ1) is 9.01. The van der Waals surface area contributed by atoms with Crippen LogP contribution in [0.2, 0.25) is 0 Å². The van der Waals surface area contributed by atoms with E-state index in [2.05, 4.69) is 22.8 Å². The van der Waals surface area contributed by atoms with Crippen molar-refractivity contribution < 1.29 is 9.59 Å². The summed E-state index contributed by atoms with van der Waals surface area (Å²) < 4.78 is 0. The molecule has 0 bridgehead atoms. The van der Waals surface area contributed by atoms with E-state index >= 15 is 0 Å². The van der Waals surface area contributed by atoms with Crippen molar-refractivity contribution in [3.63, 3.8) is 0 Å². The van der Waals surface area contributed by atoms with Gasteiger partial charge in [0.1, 0.15) is 0 Å². The predicted octanol–water partition coefficient (Wildman–Crippen LogP) is 1.74. The van der Waals surface area contributed by atoms with E-state index < -0.39 is 6.04 Å². The molecule has 1 aromatic carbocycles. The number of carbonyl (C=O) groups is 2. The highest BCUT2D eigenvalue weighted by Crippen LogP contribution is 2.27. The summed E-state index contributed by atoms with van der Waals surface area (Å²) in [4.78, 5) is 23.6. The van der Waals surface area contributed by atoms with Crippen LogP contribution in [-0.4, -0.2) is 24.3 Å². The van der Waals surface area contributed by atoms with Gasteiger partial charge in [0, 0.05) is 18.7 Å². The summed E-state index contributed by atoms with van der Waals surface area (Å²) in [5.41, 5.74) is 4.39. The summed E-state index contributed by atoms with van der Waals surface area (Å²) >= 11 is 0. The van der Waals surface area contributed by atoms with Crippen LogP contribution in [0.1, 0.15) is 30.0 Å². The van der Waals surface area contributed by atoms with Crippen molar-refractivity contribution in [1.29, 1.82) is 0 Å². The molecule has 1 heterocycles. The van der Waals surface area contributed by atoms with Crippen LogP contribution in [0.15, 0.2) is 12.1 Å². The van der Waals surface area contributed by atoms with Crippen LogP contribution >= 0.6 is 0 Å². The van der Waals surface area contributed by atoms with Crippen LogP contribution in [0.3, 0.4) is 0 Å². The average Bonchev–Trinajstić information content (AvgIpc) is 2.33. The number of rotatable bonds is 3. The van der Waals surface area contributed by atoms with Gasteiger partial charge in [0.05, 0.1) is 12.5 Å². The lowest BCUT2D eigenvalue weighted by atomic mass is 9.92. The highest BCUT2D eigenvalue weighted by Gasteiger charge is 2.27. The van der Waals surface area contributed by atoms with Gasteiger partial charge in [-0.05, 0) is 43.5 Å². The van der Waals surface area contributed by atoms with E-state index in [0.29, 0.717) is 13.0 Å². The zero-order chi connectivity index (χ0) is 14.0. The summed E-state index contributed by atoms with van der Waals surface area (Å²) in [5, 5.41) is 5.92. The topological polar surface area (TPSA) is 58.2 Å². The Kier molecular flexibility index (Phi) is 3.88. The van der Waals surface area contributed by atoms with Crippen molar-refractivity contribution in [2.45, 2.75) is 39.7 Å². The Bertz CT molecular complexity index is 523. The Morgan fingerprint density at radius 3 is 2.74 bits per heavy atom. The lowest BCUT2D eigenvalue weighted by molar-refractivity contribution is -0.125. The number of Topliss-reactive ketones (excluding diaryl/α,β-unsaturated/α-hetero) is 1. The van der Waals surface area contributed by atoms with Gasteiger partial charge in [-0.1, -0.05) is 6.07 Å². The van der Waals surface area contributed by atoms with Gasteiger partial charge in [0.2, 0.25) is 5.91 Å². The molecule has 1 aromatic rings. The van der Waals surface area contributed by atoms with Gasteiger partial charge in [-0.15, -0.1) is 0 Å². The molecule has 0 aliphatic carbocycles. The first-order valence-electron chi connectivity index (χ1n) is 6.67. The molecule has 0 saturated carbocycles. The molecule has 2 rings (SSSR count). The molecule has 1 amide bonds. The van der Waals surface area contributed by atoms with Crippen LogP contribution in [-0.2, 0) is 16.0 Å². The lowest BCUT2D eigenvalue weighted by Gasteiger charge is -2.26. The molecule has 0 radical (unpaired) electrons. The van der Waals surface area contributed by atoms with Crippen molar-refractivity contribution in [2.24, 2.45) is 0 Å². The standard InChI is InChI=1S/C15H20N2O2/c1-4-16-15(19)8-13-14(18)7-11-5-9(2)10(3)6-12(11)17-13/h5-6,13,17H,4,7-8H2,1-3H3,(H,16,19). The SMILES string of the molecule is CCNC(=O)CC1Nc2cc(C)c(C)cc2CC1=O. The maximum atomic E-state index is 12.1. The molecule has 2 N–H and O–H groups in total. The van der Waals surface area contributed by atoms with Gasteiger partial charge in [-0.25, -0.2) is 0 Å². The highest BCUT2D eigenvalue weighted by molar-refractivity contribution is 5.96. The number of hydrogen-bond acceptors (Lipinski definition) is 3. The number of ketones is 1. The van der Waals surface area contributed by atoms with Crippen molar-refractivity contribution in [1.82, 2.24) is 5.32 Å². The number of fused-ring (bicyclic) bond motifs is 1. The fourth-order valence-corrected chi connectivity index (χ4v) is 2.36. The molecule has 4 heteroatoms. The van der Waals surface area contributed by atoms with Crippen LogP contribution in [0, 0.1) is 13.8 Å². The zero-order valence-electron chi connectivity index (χ0n) is 11.7. The molecule has 0 saturated heterocycles. The molecular formula is C15H20N2O2. The minimum Gasteiger partial charge on any atom is -0.375 e. The highest BCUT2D eigenvalue weighted by atomic mass is 16.2. The first kappa shape index (κ1) is 13.6. The molecule has 0 aromatic heterocycles. The van der Waals surface area contributed by atoms with Crippen LogP contribution in [0.25, 0.3) is 0 Å².